The highest BCUT2D eigenvalue weighted by Gasteiger charge is 2.20. The van der Waals surface area contributed by atoms with Crippen LogP contribution in [0.4, 0.5) is 5.69 Å². The predicted molar refractivity (Wildman–Crippen MR) is 85.7 cm³/mol. The fourth-order valence-corrected chi connectivity index (χ4v) is 3.00. The second-order valence-electron chi connectivity index (χ2n) is 5.05. The minimum Gasteiger partial charge on any atom is -0.383 e. The first-order valence-electron chi connectivity index (χ1n) is 6.85. The molecule has 7 heteroatoms. The third-order valence-corrected chi connectivity index (χ3v) is 4.82. The van der Waals surface area contributed by atoms with Crippen molar-refractivity contribution in [3.63, 3.8) is 0 Å². The number of nitrogens with one attached hydrogen (secondary N) is 1. The van der Waals surface area contributed by atoms with Crippen molar-refractivity contribution in [2.45, 2.75) is 13.0 Å². The smallest absolute Gasteiger partial charge is 0.279 e. The van der Waals surface area contributed by atoms with Crippen molar-refractivity contribution in [3.05, 3.63) is 30.3 Å². The molecule has 1 aromatic rings. The molecule has 1 atom stereocenters. The van der Waals surface area contributed by atoms with Crippen LogP contribution < -0.4 is 9.62 Å². The standard InChI is InChI=1S/C14H25N3O3S/c1-13(12-16(2)14-8-6-5-7-9-14)15-21(18,19)17(3)10-11-20-4/h5-9,13,15H,10-12H2,1-4H3/t13-/m1/s1. The van der Waals surface area contributed by atoms with E-state index in [2.05, 4.69) is 4.72 Å². The highest BCUT2D eigenvalue weighted by atomic mass is 32.2. The second kappa shape index (κ2) is 8.33. The molecule has 1 rings (SSSR count). The molecule has 0 aliphatic rings. The van der Waals surface area contributed by atoms with Crippen LogP contribution in [0.3, 0.4) is 0 Å². The lowest BCUT2D eigenvalue weighted by atomic mass is 10.2. The lowest BCUT2D eigenvalue weighted by Crippen LogP contribution is -2.47. The van der Waals surface area contributed by atoms with Crippen molar-refractivity contribution in [3.8, 4) is 0 Å². The molecule has 0 amide bonds. The van der Waals surface area contributed by atoms with Crippen molar-refractivity contribution >= 4 is 15.9 Å². The fraction of sp³-hybridized carbons (Fsp3) is 0.571. The molecule has 21 heavy (non-hydrogen) atoms. The first-order valence-corrected chi connectivity index (χ1v) is 8.29. The third-order valence-electron chi connectivity index (χ3n) is 3.12. The summed E-state index contributed by atoms with van der Waals surface area (Å²) >= 11 is 0. The van der Waals surface area contributed by atoms with Gasteiger partial charge >= 0.3 is 0 Å². The van der Waals surface area contributed by atoms with Gasteiger partial charge in [0.15, 0.2) is 0 Å². The summed E-state index contributed by atoms with van der Waals surface area (Å²) in [6.07, 6.45) is 0. The molecule has 6 nitrogen and oxygen atoms in total. The average molecular weight is 315 g/mol. The van der Waals surface area contributed by atoms with Crippen molar-refractivity contribution in [1.29, 1.82) is 0 Å². The summed E-state index contributed by atoms with van der Waals surface area (Å²) < 4.78 is 33.0. The monoisotopic (exact) mass is 315 g/mol. The van der Waals surface area contributed by atoms with Crippen LogP contribution in [0.1, 0.15) is 6.92 Å². The van der Waals surface area contributed by atoms with Crippen LogP contribution in [0.25, 0.3) is 0 Å². The van der Waals surface area contributed by atoms with E-state index in [0.29, 0.717) is 19.7 Å². The molecule has 0 radical (unpaired) electrons. The van der Waals surface area contributed by atoms with E-state index in [-0.39, 0.29) is 6.04 Å². The molecular formula is C14H25N3O3S. The molecular weight excluding hydrogens is 290 g/mol. The summed E-state index contributed by atoms with van der Waals surface area (Å²) in [5.41, 5.74) is 1.05. The van der Waals surface area contributed by atoms with Crippen molar-refractivity contribution in [2.24, 2.45) is 0 Å². The van der Waals surface area contributed by atoms with Crippen LogP contribution in [0.2, 0.25) is 0 Å². The molecule has 0 unspecified atom stereocenters. The van der Waals surface area contributed by atoms with E-state index in [1.54, 1.807) is 7.11 Å². The fourth-order valence-electron chi connectivity index (χ4n) is 1.92. The number of benzene rings is 1. The van der Waals surface area contributed by atoms with Gasteiger partial charge in [0.05, 0.1) is 6.61 Å². The first kappa shape index (κ1) is 17.9. The average Bonchev–Trinajstić information content (AvgIpc) is 2.44. The van der Waals surface area contributed by atoms with Crippen molar-refractivity contribution < 1.29 is 13.2 Å². The molecule has 0 bridgehead atoms. The normalized spacial score (nSPS) is 13.4. The van der Waals surface area contributed by atoms with E-state index in [1.165, 1.54) is 11.4 Å². The van der Waals surface area contributed by atoms with Gasteiger partial charge in [-0.3, -0.25) is 0 Å². The Kier molecular flexibility index (Phi) is 7.10. The van der Waals surface area contributed by atoms with Gasteiger partial charge in [-0.1, -0.05) is 18.2 Å². The van der Waals surface area contributed by atoms with Gasteiger partial charge in [0.25, 0.3) is 10.2 Å². The van der Waals surface area contributed by atoms with Crippen LogP contribution in [0.15, 0.2) is 30.3 Å². The number of methoxy groups -OCH3 is 1. The predicted octanol–water partition coefficient (Wildman–Crippen LogP) is 0.924. The Labute approximate surface area is 127 Å². The van der Waals surface area contributed by atoms with Gasteiger partial charge in [0.1, 0.15) is 0 Å². The maximum atomic E-state index is 12.1. The van der Waals surface area contributed by atoms with Gasteiger partial charge in [0, 0.05) is 46.0 Å². The highest BCUT2D eigenvalue weighted by molar-refractivity contribution is 7.87. The van der Waals surface area contributed by atoms with Gasteiger partial charge in [-0.2, -0.15) is 17.4 Å². The highest BCUT2D eigenvalue weighted by Crippen LogP contribution is 2.11. The first-order chi connectivity index (χ1) is 9.86. The van der Waals surface area contributed by atoms with E-state index in [4.69, 9.17) is 4.74 Å². The Hall–Kier alpha value is -1.15. The quantitative estimate of drug-likeness (QED) is 0.736. The lowest BCUT2D eigenvalue weighted by Gasteiger charge is -2.26. The van der Waals surface area contributed by atoms with Gasteiger partial charge in [-0.25, -0.2) is 0 Å². The zero-order valence-electron chi connectivity index (χ0n) is 13.1. The summed E-state index contributed by atoms with van der Waals surface area (Å²) in [4.78, 5) is 2.02. The lowest BCUT2D eigenvalue weighted by molar-refractivity contribution is 0.184. The number of hydrogen-bond donors (Lipinski definition) is 1. The van der Waals surface area contributed by atoms with E-state index in [9.17, 15) is 8.42 Å². The zero-order valence-corrected chi connectivity index (χ0v) is 13.9. The number of para-hydroxylation sites is 1. The van der Waals surface area contributed by atoms with E-state index in [0.717, 1.165) is 5.69 Å². The number of nitrogens with zero attached hydrogens (tertiary/aromatic N) is 2. The maximum Gasteiger partial charge on any atom is 0.279 e. The molecule has 1 N–H and O–H groups in total. The van der Waals surface area contributed by atoms with Crippen LogP contribution in [-0.2, 0) is 14.9 Å². The van der Waals surface area contributed by atoms with Crippen molar-refractivity contribution in [2.75, 3.05) is 45.8 Å². The van der Waals surface area contributed by atoms with Gasteiger partial charge in [0.2, 0.25) is 0 Å². The molecule has 0 aliphatic heterocycles. The minimum atomic E-state index is -3.48. The van der Waals surface area contributed by atoms with Crippen molar-refractivity contribution in [1.82, 2.24) is 9.03 Å². The molecule has 1 aromatic carbocycles. The van der Waals surface area contributed by atoms with E-state index >= 15 is 0 Å². The van der Waals surface area contributed by atoms with Crippen LogP contribution in [-0.4, -0.2) is 59.7 Å². The molecule has 0 saturated carbocycles. The van der Waals surface area contributed by atoms with Gasteiger partial charge < -0.3 is 9.64 Å². The summed E-state index contributed by atoms with van der Waals surface area (Å²) in [5, 5.41) is 0. The molecule has 0 aliphatic carbocycles. The maximum absolute atomic E-state index is 12.1. The van der Waals surface area contributed by atoms with E-state index in [1.807, 2.05) is 49.2 Å². The molecule has 0 fully saturated rings. The number of rotatable bonds is 9. The summed E-state index contributed by atoms with van der Waals surface area (Å²) in [5.74, 6) is 0. The Balaban J connectivity index is 2.54. The SMILES string of the molecule is COCCN(C)S(=O)(=O)N[C@H](C)CN(C)c1ccccc1. The van der Waals surface area contributed by atoms with Gasteiger partial charge in [-0.05, 0) is 19.1 Å². The number of likely N-dealkylation sites (N-methyl/N-ethyl adjacent to an activating group) is 2. The third kappa shape index (κ3) is 6.01. The zero-order chi connectivity index (χ0) is 15.9. The molecule has 120 valence electrons. The topological polar surface area (TPSA) is 61.9 Å². The Morgan fingerprint density at radius 1 is 1.24 bits per heavy atom. The Bertz CT molecular complexity index is 507. The van der Waals surface area contributed by atoms with Crippen LogP contribution in [0, 0.1) is 0 Å². The molecule has 0 aromatic heterocycles. The second-order valence-corrected chi connectivity index (χ2v) is 6.86. The molecule has 0 heterocycles. The molecule has 0 spiro atoms. The summed E-state index contributed by atoms with van der Waals surface area (Å²) in [6.45, 7) is 3.13. The number of ether oxygens (including phenoxy) is 1. The molecule has 0 saturated heterocycles. The van der Waals surface area contributed by atoms with Gasteiger partial charge in [-0.15, -0.1) is 0 Å². The largest absolute Gasteiger partial charge is 0.383 e. The number of anilines is 1. The van der Waals surface area contributed by atoms with Crippen LogP contribution in [0.5, 0.6) is 0 Å². The van der Waals surface area contributed by atoms with E-state index < -0.39 is 10.2 Å². The summed E-state index contributed by atoms with van der Waals surface area (Å²) in [7, 11) is 1.54. The van der Waals surface area contributed by atoms with Crippen LogP contribution >= 0.6 is 0 Å². The minimum absolute atomic E-state index is 0.204. The Morgan fingerprint density at radius 2 is 1.86 bits per heavy atom. The Morgan fingerprint density at radius 3 is 2.43 bits per heavy atom. The summed E-state index contributed by atoms with van der Waals surface area (Å²) in [6, 6.07) is 9.65. The number of hydrogen-bond acceptors (Lipinski definition) is 4.